The lowest BCUT2D eigenvalue weighted by atomic mass is 10.1. The normalized spacial score (nSPS) is 20.2. The summed E-state index contributed by atoms with van der Waals surface area (Å²) in [6.45, 7) is 7.17. The number of hydrogen-bond acceptors (Lipinski definition) is 5. The van der Waals surface area contributed by atoms with Crippen molar-refractivity contribution in [2.75, 3.05) is 52.5 Å². The van der Waals surface area contributed by atoms with Gasteiger partial charge in [-0.05, 0) is 56.5 Å². The minimum absolute atomic E-state index is 0.0309. The lowest BCUT2D eigenvalue weighted by Gasteiger charge is -2.32. The summed E-state index contributed by atoms with van der Waals surface area (Å²) in [6, 6.07) is 7.40. The molecule has 176 valence electrons. The van der Waals surface area contributed by atoms with E-state index in [4.69, 9.17) is 9.47 Å². The number of morpholine rings is 1. The van der Waals surface area contributed by atoms with Crippen LogP contribution in [-0.4, -0.2) is 80.2 Å². The number of ether oxygens (including phenoxy) is 2. The average molecular weight is 444 g/mol. The minimum Gasteiger partial charge on any atom is -0.490 e. The number of benzene rings is 1. The van der Waals surface area contributed by atoms with Crippen molar-refractivity contribution in [1.29, 1.82) is 0 Å². The van der Waals surface area contributed by atoms with Crippen LogP contribution in [0.5, 0.6) is 5.75 Å². The topological polar surface area (TPSA) is 71.1 Å². The summed E-state index contributed by atoms with van der Waals surface area (Å²) in [5, 5.41) is 3.02. The van der Waals surface area contributed by atoms with Gasteiger partial charge in [0.1, 0.15) is 11.9 Å². The van der Waals surface area contributed by atoms with Crippen molar-refractivity contribution in [2.45, 2.75) is 51.0 Å². The molecule has 4 rings (SSSR count). The Labute approximate surface area is 191 Å². The first-order chi connectivity index (χ1) is 15.7. The fourth-order valence-corrected chi connectivity index (χ4v) is 4.43. The van der Waals surface area contributed by atoms with Gasteiger partial charge in [-0.25, -0.2) is 0 Å². The van der Waals surface area contributed by atoms with E-state index < -0.39 is 0 Å². The number of rotatable bonds is 10. The van der Waals surface area contributed by atoms with Gasteiger partial charge in [0.25, 0.3) is 5.91 Å². The van der Waals surface area contributed by atoms with Crippen LogP contribution in [0.15, 0.2) is 24.3 Å². The van der Waals surface area contributed by atoms with E-state index in [1.807, 2.05) is 29.2 Å². The van der Waals surface area contributed by atoms with Gasteiger partial charge in [0.2, 0.25) is 5.91 Å². The molecule has 7 nitrogen and oxygen atoms in total. The molecule has 1 N–H and O–H groups in total. The smallest absolute Gasteiger partial charge is 0.251 e. The second-order valence-electron chi connectivity index (χ2n) is 9.21. The second kappa shape index (κ2) is 11.7. The molecule has 3 aliphatic rings. The zero-order chi connectivity index (χ0) is 22.2. The lowest BCUT2D eigenvalue weighted by molar-refractivity contribution is -0.134. The number of carbonyl (C=O) groups is 2. The lowest BCUT2D eigenvalue weighted by Crippen LogP contribution is -2.42. The predicted molar refractivity (Wildman–Crippen MR) is 123 cm³/mol. The van der Waals surface area contributed by atoms with E-state index in [-0.39, 0.29) is 12.0 Å². The fraction of sp³-hybridized carbons (Fsp3) is 0.680. The number of unbranched alkanes of at least 4 members (excludes halogenated alkanes) is 2. The third-order valence-corrected chi connectivity index (χ3v) is 6.64. The molecule has 2 heterocycles. The standard InChI is InChI=1S/C25H37N3O4/c29-24(26-12-2-1-3-13-27-16-18-31-19-17-27)20-6-8-22(9-7-20)32-23-10-14-28(15-11-23)25(30)21-4-5-21/h6-9,21,23H,1-5,10-19H2,(H,26,29). The molecule has 7 heteroatoms. The molecular weight excluding hydrogens is 406 g/mol. The predicted octanol–water partition coefficient (Wildman–Crippen LogP) is 2.70. The van der Waals surface area contributed by atoms with Crippen molar-refractivity contribution in [2.24, 2.45) is 5.92 Å². The van der Waals surface area contributed by atoms with Gasteiger partial charge >= 0.3 is 0 Å². The van der Waals surface area contributed by atoms with Gasteiger partial charge in [-0.1, -0.05) is 6.42 Å². The van der Waals surface area contributed by atoms with Crippen molar-refractivity contribution in [3.05, 3.63) is 29.8 Å². The number of amides is 2. The summed E-state index contributed by atoms with van der Waals surface area (Å²) < 4.78 is 11.5. The first kappa shape index (κ1) is 23.1. The van der Waals surface area contributed by atoms with Crippen LogP contribution in [0, 0.1) is 5.92 Å². The fourth-order valence-electron chi connectivity index (χ4n) is 4.43. The Morgan fingerprint density at radius 3 is 2.34 bits per heavy atom. The highest BCUT2D eigenvalue weighted by molar-refractivity contribution is 5.94. The second-order valence-corrected chi connectivity index (χ2v) is 9.21. The Bertz CT molecular complexity index is 736. The van der Waals surface area contributed by atoms with Crippen molar-refractivity contribution in [3.8, 4) is 5.75 Å². The van der Waals surface area contributed by atoms with Crippen LogP contribution in [0.2, 0.25) is 0 Å². The minimum atomic E-state index is -0.0309. The molecule has 0 atom stereocenters. The number of nitrogens with one attached hydrogen (secondary N) is 1. The van der Waals surface area contributed by atoms with E-state index in [9.17, 15) is 9.59 Å². The van der Waals surface area contributed by atoms with Gasteiger partial charge < -0.3 is 19.7 Å². The quantitative estimate of drug-likeness (QED) is 0.563. The molecule has 0 aromatic heterocycles. The summed E-state index contributed by atoms with van der Waals surface area (Å²) in [6.07, 6.45) is 7.27. The Hall–Kier alpha value is -2.12. The zero-order valence-corrected chi connectivity index (χ0v) is 19.1. The van der Waals surface area contributed by atoms with Crippen LogP contribution in [0.3, 0.4) is 0 Å². The van der Waals surface area contributed by atoms with Gasteiger partial charge in [-0.3, -0.25) is 14.5 Å². The van der Waals surface area contributed by atoms with Gasteiger partial charge in [0.15, 0.2) is 0 Å². The zero-order valence-electron chi connectivity index (χ0n) is 19.1. The van der Waals surface area contributed by atoms with Crippen molar-refractivity contribution in [3.63, 3.8) is 0 Å². The molecule has 32 heavy (non-hydrogen) atoms. The number of likely N-dealkylation sites (tertiary alicyclic amines) is 1. The molecule has 0 bridgehead atoms. The molecule has 0 radical (unpaired) electrons. The van der Waals surface area contributed by atoms with Crippen LogP contribution >= 0.6 is 0 Å². The number of hydrogen-bond donors (Lipinski definition) is 1. The molecule has 2 saturated heterocycles. The molecule has 3 fully saturated rings. The van der Waals surface area contributed by atoms with Gasteiger partial charge in [-0.15, -0.1) is 0 Å². The molecule has 1 saturated carbocycles. The molecule has 2 aliphatic heterocycles. The molecule has 2 amide bonds. The number of carbonyl (C=O) groups excluding carboxylic acids is 2. The van der Waals surface area contributed by atoms with Crippen LogP contribution in [0.25, 0.3) is 0 Å². The molecule has 0 spiro atoms. The maximum Gasteiger partial charge on any atom is 0.251 e. The summed E-state index contributed by atoms with van der Waals surface area (Å²) in [5.41, 5.74) is 0.663. The highest BCUT2D eigenvalue weighted by Gasteiger charge is 2.35. The Morgan fingerprint density at radius 2 is 1.66 bits per heavy atom. The highest BCUT2D eigenvalue weighted by atomic mass is 16.5. The highest BCUT2D eigenvalue weighted by Crippen LogP contribution is 2.32. The van der Waals surface area contributed by atoms with Crippen LogP contribution in [-0.2, 0) is 9.53 Å². The first-order valence-electron chi connectivity index (χ1n) is 12.3. The van der Waals surface area contributed by atoms with Crippen LogP contribution < -0.4 is 10.1 Å². The summed E-state index contributed by atoms with van der Waals surface area (Å²) in [7, 11) is 0. The van der Waals surface area contributed by atoms with Crippen molar-refractivity contribution >= 4 is 11.8 Å². The molecule has 0 unspecified atom stereocenters. The Kier molecular flexibility index (Phi) is 8.40. The largest absolute Gasteiger partial charge is 0.490 e. The van der Waals surface area contributed by atoms with Crippen LogP contribution in [0.4, 0.5) is 0 Å². The van der Waals surface area contributed by atoms with E-state index in [0.29, 0.717) is 23.9 Å². The third kappa shape index (κ3) is 6.94. The van der Waals surface area contributed by atoms with Gasteiger partial charge in [0, 0.05) is 57.0 Å². The Balaban J connectivity index is 1.09. The van der Waals surface area contributed by atoms with Gasteiger partial charge in [0.05, 0.1) is 13.2 Å². The number of nitrogens with zero attached hydrogens (tertiary/aromatic N) is 2. The van der Waals surface area contributed by atoms with Crippen molar-refractivity contribution < 1.29 is 19.1 Å². The summed E-state index contributed by atoms with van der Waals surface area (Å²) >= 11 is 0. The molecule has 1 aromatic rings. The first-order valence-corrected chi connectivity index (χ1v) is 12.3. The van der Waals surface area contributed by atoms with E-state index in [2.05, 4.69) is 10.2 Å². The van der Waals surface area contributed by atoms with Gasteiger partial charge in [-0.2, -0.15) is 0 Å². The maximum atomic E-state index is 12.4. The third-order valence-electron chi connectivity index (χ3n) is 6.64. The van der Waals surface area contributed by atoms with Crippen molar-refractivity contribution in [1.82, 2.24) is 15.1 Å². The summed E-state index contributed by atoms with van der Waals surface area (Å²) in [5.74, 6) is 1.38. The molecular formula is C25H37N3O4. The SMILES string of the molecule is O=C(NCCCCCN1CCOCC1)c1ccc(OC2CCN(C(=O)C3CC3)CC2)cc1. The monoisotopic (exact) mass is 443 g/mol. The van der Waals surface area contributed by atoms with E-state index in [1.165, 1.54) is 0 Å². The van der Waals surface area contributed by atoms with E-state index in [1.54, 1.807) is 0 Å². The summed E-state index contributed by atoms with van der Waals surface area (Å²) in [4.78, 5) is 29.0. The molecule has 1 aliphatic carbocycles. The van der Waals surface area contributed by atoms with E-state index in [0.717, 1.165) is 96.6 Å². The Morgan fingerprint density at radius 1 is 0.938 bits per heavy atom. The average Bonchev–Trinajstić information content (AvgIpc) is 3.68. The van der Waals surface area contributed by atoms with Crippen LogP contribution in [0.1, 0.15) is 55.3 Å². The molecule has 1 aromatic carbocycles. The van der Waals surface area contributed by atoms with E-state index >= 15 is 0 Å². The number of piperidine rings is 1. The maximum absolute atomic E-state index is 12.4.